The molecule has 0 aliphatic carbocycles. The van der Waals surface area contributed by atoms with E-state index in [0.29, 0.717) is 5.76 Å². The average molecular weight is 296 g/mol. The first-order valence-electron chi connectivity index (χ1n) is 6.27. The summed E-state index contributed by atoms with van der Waals surface area (Å²) in [7, 11) is 0. The minimum atomic E-state index is -0.780. The molecular formula is C14H14F2N2O3. The highest BCUT2D eigenvalue weighted by molar-refractivity contribution is 5.73. The molecule has 0 atom stereocenters. The maximum atomic E-state index is 13.2. The average Bonchev–Trinajstić information content (AvgIpc) is 2.96. The summed E-state index contributed by atoms with van der Waals surface area (Å²) in [5, 5.41) is 5.11. The smallest absolute Gasteiger partial charge is 0.315 e. The van der Waals surface area contributed by atoms with Gasteiger partial charge in [-0.2, -0.15) is 0 Å². The topological polar surface area (TPSA) is 63.5 Å². The third kappa shape index (κ3) is 4.79. The summed E-state index contributed by atoms with van der Waals surface area (Å²) in [5.41, 5.74) is 0. The van der Waals surface area contributed by atoms with Crippen molar-refractivity contribution in [2.75, 3.05) is 13.2 Å². The molecule has 2 N–H and O–H groups in total. The van der Waals surface area contributed by atoms with Gasteiger partial charge in [-0.05, 0) is 24.3 Å². The number of benzene rings is 1. The molecule has 1 aromatic carbocycles. The van der Waals surface area contributed by atoms with Crippen LogP contribution in [0.25, 0.3) is 0 Å². The van der Waals surface area contributed by atoms with Crippen LogP contribution >= 0.6 is 0 Å². The van der Waals surface area contributed by atoms with Gasteiger partial charge in [0, 0.05) is 6.07 Å². The molecule has 2 amide bonds. The first-order chi connectivity index (χ1) is 10.1. The summed E-state index contributed by atoms with van der Waals surface area (Å²) in [5.74, 6) is -0.878. The third-order valence-corrected chi connectivity index (χ3v) is 2.54. The van der Waals surface area contributed by atoms with Gasteiger partial charge in [-0.1, -0.05) is 0 Å². The zero-order valence-electron chi connectivity index (χ0n) is 11.1. The van der Waals surface area contributed by atoms with E-state index in [4.69, 9.17) is 9.15 Å². The Morgan fingerprint density at radius 2 is 2.10 bits per heavy atom. The Morgan fingerprint density at radius 1 is 1.24 bits per heavy atom. The summed E-state index contributed by atoms with van der Waals surface area (Å²) < 4.78 is 36.1. The second-order valence-corrected chi connectivity index (χ2v) is 4.11. The SMILES string of the molecule is O=C(NCCOc1ccc(F)cc1F)NCc1ccco1. The maximum absolute atomic E-state index is 13.2. The van der Waals surface area contributed by atoms with Gasteiger partial charge in [-0.15, -0.1) is 0 Å². The third-order valence-electron chi connectivity index (χ3n) is 2.54. The van der Waals surface area contributed by atoms with Crippen molar-refractivity contribution in [2.24, 2.45) is 0 Å². The van der Waals surface area contributed by atoms with E-state index < -0.39 is 17.7 Å². The van der Waals surface area contributed by atoms with E-state index in [0.717, 1.165) is 12.1 Å². The monoisotopic (exact) mass is 296 g/mol. The minimum Gasteiger partial charge on any atom is -0.489 e. The summed E-state index contributed by atoms with van der Waals surface area (Å²) in [4.78, 5) is 11.4. The lowest BCUT2D eigenvalue weighted by Crippen LogP contribution is -2.37. The van der Waals surface area contributed by atoms with Gasteiger partial charge in [0.15, 0.2) is 11.6 Å². The Kier molecular flexibility index (Phi) is 5.14. The number of ether oxygens (including phenoxy) is 1. The number of amides is 2. The fourth-order valence-corrected chi connectivity index (χ4v) is 1.56. The maximum Gasteiger partial charge on any atom is 0.315 e. The highest BCUT2D eigenvalue weighted by Crippen LogP contribution is 2.17. The van der Waals surface area contributed by atoms with Gasteiger partial charge < -0.3 is 19.8 Å². The number of hydrogen-bond acceptors (Lipinski definition) is 3. The van der Waals surface area contributed by atoms with Crippen molar-refractivity contribution in [1.29, 1.82) is 0 Å². The summed E-state index contributed by atoms with van der Waals surface area (Å²) >= 11 is 0. The largest absolute Gasteiger partial charge is 0.489 e. The van der Waals surface area contributed by atoms with E-state index in [9.17, 15) is 13.6 Å². The van der Waals surface area contributed by atoms with Gasteiger partial charge >= 0.3 is 6.03 Å². The first kappa shape index (κ1) is 14.8. The molecule has 0 saturated carbocycles. The van der Waals surface area contributed by atoms with Crippen molar-refractivity contribution < 1.29 is 22.7 Å². The van der Waals surface area contributed by atoms with E-state index in [1.807, 2.05) is 0 Å². The first-order valence-corrected chi connectivity index (χ1v) is 6.27. The van der Waals surface area contributed by atoms with Gasteiger partial charge in [0.05, 0.1) is 19.4 Å². The van der Waals surface area contributed by atoms with Gasteiger partial charge in [-0.3, -0.25) is 0 Å². The fourth-order valence-electron chi connectivity index (χ4n) is 1.56. The van der Waals surface area contributed by atoms with Crippen molar-refractivity contribution in [3.63, 3.8) is 0 Å². The van der Waals surface area contributed by atoms with Crippen LogP contribution in [0.3, 0.4) is 0 Å². The number of carbonyl (C=O) groups excluding carboxylic acids is 1. The molecule has 0 spiro atoms. The molecule has 1 heterocycles. The van der Waals surface area contributed by atoms with Crippen LogP contribution in [0.1, 0.15) is 5.76 Å². The summed E-state index contributed by atoms with van der Waals surface area (Å²) in [6.45, 7) is 0.518. The van der Waals surface area contributed by atoms with Crippen molar-refractivity contribution in [3.8, 4) is 5.75 Å². The molecule has 21 heavy (non-hydrogen) atoms. The molecule has 2 aromatic rings. The van der Waals surface area contributed by atoms with Crippen LogP contribution in [0.15, 0.2) is 41.0 Å². The number of nitrogens with one attached hydrogen (secondary N) is 2. The number of rotatable bonds is 6. The normalized spacial score (nSPS) is 10.2. The molecule has 2 rings (SSSR count). The molecule has 5 nitrogen and oxygen atoms in total. The van der Waals surface area contributed by atoms with Crippen LogP contribution < -0.4 is 15.4 Å². The van der Waals surface area contributed by atoms with Gasteiger partial charge in [0.25, 0.3) is 0 Å². The Hall–Kier alpha value is -2.57. The van der Waals surface area contributed by atoms with Gasteiger partial charge in [0.1, 0.15) is 18.2 Å². The molecule has 112 valence electrons. The quantitative estimate of drug-likeness (QED) is 0.805. The second-order valence-electron chi connectivity index (χ2n) is 4.11. The Labute approximate surface area is 119 Å². The highest BCUT2D eigenvalue weighted by atomic mass is 19.1. The van der Waals surface area contributed by atoms with Crippen LogP contribution in [-0.4, -0.2) is 19.2 Å². The van der Waals surface area contributed by atoms with Crippen LogP contribution in [0.4, 0.5) is 13.6 Å². The summed E-state index contributed by atoms with van der Waals surface area (Å²) in [6, 6.07) is 6.10. The number of urea groups is 1. The number of furan rings is 1. The molecule has 0 unspecified atom stereocenters. The van der Waals surface area contributed by atoms with E-state index in [-0.39, 0.29) is 25.4 Å². The van der Waals surface area contributed by atoms with Crippen LogP contribution in [-0.2, 0) is 6.54 Å². The number of hydrogen-bond donors (Lipinski definition) is 2. The molecule has 0 aliphatic heterocycles. The van der Waals surface area contributed by atoms with Crippen LogP contribution in [0.2, 0.25) is 0 Å². The lowest BCUT2D eigenvalue weighted by atomic mass is 10.3. The van der Waals surface area contributed by atoms with Gasteiger partial charge in [-0.25, -0.2) is 13.6 Å². The molecule has 0 aliphatic rings. The molecule has 7 heteroatoms. The van der Waals surface area contributed by atoms with Crippen molar-refractivity contribution in [1.82, 2.24) is 10.6 Å². The molecule has 1 aromatic heterocycles. The zero-order valence-corrected chi connectivity index (χ0v) is 11.1. The van der Waals surface area contributed by atoms with Crippen molar-refractivity contribution >= 4 is 6.03 Å². The van der Waals surface area contributed by atoms with Crippen LogP contribution in [0.5, 0.6) is 5.75 Å². The zero-order chi connectivity index (χ0) is 15.1. The minimum absolute atomic E-state index is 0.0609. The molecule has 0 saturated heterocycles. The van der Waals surface area contributed by atoms with E-state index in [2.05, 4.69) is 10.6 Å². The van der Waals surface area contributed by atoms with E-state index >= 15 is 0 Å². The van der Waals surface area contributed by atoms with Gasteiger partial charge in [0.2, 0.25) is 0 Å². The molecule has 0 radical (unpaired) electrons. The Morgan fingerprint density at radius 3 is 2.81 bits per heavy atom. The lowest BCUT2D eigenvalue weighted by molar-refractivity contribution is 0.234. The summed E-state index contributed by atoms with van der Waals surface area (Å²) in [6.07, 6.45) is 1.51. The molecule has 0 bridgehead atoms. The second kappa shape index (κ2) is 7.28. The Balaban J connectivity index is 1.64. The Bertz CT molecular complexity index is 588. The van der Waals surface area contributed by atoms with E-state index in [1.165, 1.54) is 12.3 Å². The highest BCUT2D eigenvalue weighted by Gasteiger charge is 2.05. The van der Waals surface area contributed by atoms with Crippen molar-refractivity contribution in [2.45, 2.75) is 6.54 Å². The number of carbonyl (C=O) groups is 1. The van der Waals surface area contributed by atoms with Crippen molar-refractivity contribution in [3.05, 3.63) is 54.0 Å². The molecule has 0 fully saturated rings. The standard InChI is InChI=1S/C14H14F2N2O3/c15-10-3-4-13(12(16)8-10)21-7-5-17-14(19)18-9-11-2-1-6-20-11/h1-4,6,8H,5,7,9H2,(H2,17,18,19). The predicted molar refractivity (Wildman–Crippen MR) is 70.8 cm³/mol. The van der Waals surface area contributed by atoms with E-state index in [1.54, 1.807) is 12.1 Å². The lowest BCUT2D eigenvalue weighted by Gasteiger charge is -2.09. The van der Waals surface area contributed by atoms with Crippen LogP contribution in [0, 0.1) is 11.6 Å². The molecular weight excluding hydrogens is 282 g/mol. The number of halogens is 2. The predicted octanol–water partition coefficient (Wildman–Crippen LogP) is 2.44. The fraction of sp³-hybridized carbons (Fsp3) is 0.214.